The molecule has 1 fully saturated rings. The molecule has 1 saturated heterocycles. The third-order valence-corrected chi connectivity index (χ3v) is 3.42. The average molecular weight is 277 g/mol. The summed E-state index contributed by atoms with van der Waals surface area (Å²) >= 11 is 0. The maximum Gasteiger partial charge on any atom is 0.340 e. The number of carbonyl (C=O) groups excluding carboxylic acids is 2. The second-order valence-corrected chi connectivity index (χ2v) is 4.88. The Kier molecular flexibility index (Phi) is 4.12. The smallest absolute Gasteiger partial charge is 0.340 e. The fourth-order valence-corrected chi connectivity index (χ4v) is 2.27. The monoisotopic (exact) mass is 277 g/mol. The van der Waals surface area contributed by atoms with Gasteiger partial charge in [0.1, 0.15) is 6.04 Å². The third-order valence-electron chi connectivity index (χ3n) is 3.42. The number of aryl methyl sites for hydroxylation is 1. The molecular weight excluding hydrogens is 258 g/mol. The van der Waals surface area contributed by atoms with E-state index in [0.29, 0.717) is 23.5 Å². The van der Waals surface area contributed by atoms with E-state index in [1.807, 2.05) is 13.0 Å². The number of anilines is 2. The van der Waals surface area contributed by atoms with Crippen LogP contribution in [0.2, 0.25) is 0 Å². The number of nitrogens with one attached hydrogen (secondary N) is 2. The number of hydrogen-bond donors (Lipinski definition) is 3. The number of carbonyl (C=O) groups is 2. The first-order valence-corrected chi connectivity index (χ1v) is 6.55. The van der Waals surface area contributed by atoms with Crippen molar-refractivity contribution in [2.45, 2.75) is 25.8 Å². The summed E-state index contributed by atoms with van der Waals surface area (Å²) in [6.07, 6.45) is 1.70. The molecule has 1 unspecified atom stereocenters. The number of piperidine rings is 1. The van der Waals surface area contributed by atoms with Crippen LogP contribution in [-0.4, -0.2) is 31.6 Å². The number of nitrogen functional groups attached to an aromatic ring is 1. The highest BCUT2D eigenvalue weighted by Gasteiger charge is 2.22. The Labute approximate surface area is 117 Å². The van der Waals surface area contributed by atoms with Crippen LogP contribution >= 0.6 is 0 Å². The summed E-state index contributed by atoms with van der Waals surface area (Å²) in [5, 5.41) is 5.95. The maximum absolute atomic E-state index is 11.7. The van der Waals surface area contributed by atoms with E-state index in [2.05, 4.69) is 10.6 Å². The van der Waals surface area contributed by atoms with Crippen molar-refractivity contribution < 1.29 is 14.3 Å². The molecule has 1 atom stereocenters. The first-order chi connectivity index (χ1) is 9.52. The topological polar surface area (TPSA) is 93.5 Å². The SMILES string of the molecule is COC(=O)c1cc(NC2CCCNC2=O)cc(C)c1N. The summed E-state index contributed by atoms with van der Waals surface area (Å²) in [7, 11) is 1.31. The van der Waals surface area contributed by atoms with Crippen LogP contribution in [0.15, 0.2) is 12.1 Å². The van der Waals surface area contributed by atoms with Crippen LogP contribution in [0.3, 0.4) is 0 Å². The van der Waals surface area contributed by atoms with E-state index >= 15 is 0 Å². The molecule has 0 radical (unpaired) electrons. The van der Waals surface area contributed by atoms with Crippen molar-refractivity contribution in [3.63, 3.8) is 0 Å². The van der Waals surface area contributed by atoms with Crippen molar-refractivity contribution in [2.24, 2.45) is 0 Å². The Hall–Kier alpha value is -2.24. The van der Waals surface area contributed by atoms with Gasteiger partial charge in [0.25, 0.3) is 0 Å². The molecule has 20 heavy (non-hydrogen) atoms. The minimum Gasteiger partial charge on any atom is -0.465 e. The summed E-state index contributed by atoms with van der Waals surface area (Å²) in [6, 6.07) is 3.16. The second kappa shape index (κ2) is 5.81. The van der Waals surface area contributed by atoms with Gasteiger partial charge in [0.2, 0.25) is 5.91 Å². The number of rotatable bonds is 3. The minimum absolute atomic E-state index is 0.0228. The van der Waals surface area contributed by atoms with Crippen LogP contribution in [-0.2, 0) is 9.53 Å². The van der Waals surface area contributed by atoms with Gasteiger partial charge >= 0.3 is 5.97 Å². The highest BCUT2D eigenvalue weighted by atomic mass is 16.5. The Morgan fingerprint density at radius 1 is 1.50 bits per heavy atom. The van der Waals surface area contributed by atoms with E-state index in [1.54, 1.807) is 6.07 Å². The molecule has 1 aromatic carbocycles. The summed E-state index contributed by atoms with van der Waals surface area (Å²) in [6.45, 7) is 2.53. The molecular formula is C14H19N3O3. The molecule has 6 nitrogen and oxygen atoms in total. The number of amides is 1. The molecule has 6 heteroatoms. The fourth-order valence-electron chi connectivity index (χ4n) is 2.27. The van der Waals surface area contributed by atoms with Gasteiger partial charge in [-0.1, -0.05) is 0 Å². The molecule has 2 rings (SSSR count). The zero-order valence-corrected chi connectivity index (χ0v) is 11.7. The van der Waals surface area contributed by atoms with Crippen molar-refractivity contribution in [3.05, 3.63) is 23.3 Å². The lowest BCUT2D eigenvalue weighted by molar-refractivity contribution is -0.123. The minimum atomic E-state index is -0.484. The average Bonchev–Trinajstić information content (AvgIpc) is 2.44. The van der Waals surface area contributed by atoms with Gasteiger partial charge in [0, 0.05) is 17.9 Å². The van der Waals surface area contributed by atoms with E-state index in [9.17, 15) is 9.59 Å². The van der Waals surface area contributed by atoms with Gasteiger partial charge < -0.3 is 21.1 Å². The molecule has 0 bridgehead atoms. The molecule has 1 aliphatic rings. The maximum atomic E-state index is 11.7. The standard InChI is InChI=1S/C14H19N3O3/c1-8-6-9(7-10(12(8)15)14(19)20-2)17-11-4-3-5-16-13(11)18/h6-7,11,17H,3-5,15H2,1-2H3,(H,16,18). The molecule has 108 valence electrons. The fraction of sp³-hybridized carbons (Fsp3) is 0.429. The van der Waals surface area contributed by atoms with E-state index in [1.165, 1.54) is 7.11 Å². The summed E-state index contributed by atoms with van der Waals surface area (Å²) in [4.78, 5) is 23.4. The lowest BCUT2D eigenvalue weighted by Gasteiger charge is -2.24. The molecule has 0 aliphatic carbocycles. The molecule has 1 aromatic rings. The number of hydrogen-bond acceptors (Lipinski definition) is 5. The lowest BCUT2D eigenvalue weighted by atomic mass is 10.0. The summed E-state index contributed by atoms with van der Waals surface area (Å²) in [5.74, 6) is -0.507. The van der Waals surface area contributed by atoms with Crippen LogP contribution in [0.4, 0.5) is 11.4 Å². The van der Waals surface area contributed by atoms with Crippen LogP contribution in [0.25, 0.3) is 0 Å². The first-order valence-electron chi connectivity index (χ1n) is 6.55. The van der Waals surface area contributed by atoms with Crippen molar-refractivity contribution in [2.75, 3.05) is 24.7 Å². The van der Waals surface area contributed by atoms with Gasteiger partial charge in [-0.25, -0.2) is 4.79 Å². The van der Waals surface area contributed by atoms with E-state index in [0.717, 1.165) is 18.4 Å². The zero-order chi connectivity index (χ0) is 14.7. The van der Waals surface area contributed by atoms with Gasteiger partial charge in [0.15, 0.2) is 0 Å². The largest absolute Gasteiger partial charge is 0.465 e. The highest BCUT2D eigenvalue weighted by molar-refractivity contribution is 5.97. The number of methoxy groups -OCH3 is 1. The quantitative estimate of drug-likeness (QED) is 0.567. The Bertz CT molecular complexity index is 543. The van der Waals surface area contributed by atoms with Gasteiger partial charge in [-0.05, 0) is 37.5 Å². The Morgan fingerprint density at radius 3 is 2.90 bits per heavy atom. The highest BCUT2D eigenvalue weighted by Crippen LogP contribution is 2.24. The molecule has 0 aromatic heterocycles. The number of esters is 1. The van der Waals surface area contributed by atoms with Gasteiger partial charge in [-0.2, -0.15) is 0 Å². The zero-order valence-electron chi connectivity index (χ0n) is 11.7. The predicted molar refractivity (Wildman–Crippen MR) is 76.6 cm³/mol. The van der Waals surface area contributed by atoms with E-state index in [4.69, 9.17) is 10.5 Å². The number of benzene rings is 1. The molecule has 1 aliphatic heterocycles. The van der Waals surface area contributed by atoms with E-state index < -0.39 is 5.97 Å². The van der Waals surface area contributed by atoms with Crippen LogP contribution in [0.5, 0.6) is 0 Å². The third kappa shape index (κ3) is 2.84. The normalized spacial score (nSPS) is 18.3. The molecule has 0 spiro atoms. The van der Waals surface area contributed by atoms with Crippen LogP contribution < -0.4 is 16.4 Å². The van der Waals surface area contributed by atoms with Crippen molar-refractivity contribution >= 4 is 23.3 Å². The van der Waals surface area contributed by atoms with Gasteiger partial charge in [-0.15, -0.1) is 0 Å². The Morgan fingerprint density at radius 2 is 2.25 bits per heavy atom. The molecule has 4 N–H and O–H groups in total. The predicted octanol–water partition coefficient (Wildman–Crippen LogP) is 1.05. The number of nitrogens with two attached hydrogens (primary N) is 1. The Balaban J connectivity index is 2.26. The first kappa shape index (κ1) is 14.2. The molecule has 1 heterocycles. The van der Waals surface area contributed by atoms with Crippen LogP contribution in [0.1, 0.15) is 28.8 Å². The van der Waals surface area contributed by atoms with Crippen molar-refractivity contribution in [3.8, 4) is 0 Å². The summed E-state index contributed by atoms with van der Waals surface area (Å²) < 4.78 is 4.71. The van der Waals surface area contributed by atoms with Gasteiger partial charge in [-0.3, -0.25) is 4.79 Å². The lowest BCUT2D eigenvalue weighted by Crippen LogP contribution is -2.44. The van der Waals surface area contributed by atoms with Gasteiger partial charge in [0.05, 0.1) is 12.7 Å². The molecule has 0 saturated carbocycles. The number of ether oxygens (including phenoxy) is 1. The van der Waals surface area contributed by atoms with Crippen molar-refractivity contribution in [1.82, 2.24) is 5.32 Å². The van der Waals surface area contributed by atoms with Crippen molar-refractivity contribution in [1.29, 1.82) is 0 Å². The second-order valence-electron chi connectivity index (χ2n) is 4.88. The summed E-state index contributed by atoms with van der Waals surface area (Å²) in [5.41, 5.74) is 8.05. The molecule has 1 amide bonds. The van der Waals surface area contributed by atoms with E-state index in [-0.39, 0.29) is 11.9 Å². The van der Waals surface area contributed by atoms with Crippen LogP contribution in [0, 0.1) is 6.92 Å².